The van der Waals surface area contributed by atoms with Gasteiger partial charge in [-0.15, -0.1) is 5.10 Å². The van der Waals surface area contributed by atoms with E-state index in [0.717, 1.165) is 30.7 Å². The number of tetrazole rings is 1. The number of hydrogen-bond donors (Lipinski definition) is 0. The van der Waals surface area contributed by atoms with Crippen LogP contribution < -0.4 is 4.74 Å². The van der Waals surface area contributed by atoms with Crippen molar-refractivity contribution in [3.05, 3.63) is 36.2 Å². The predicted octanol–water partition coefficient (Wildman–Crippen LogP) is 1.05. The molecule has 2 heterocycles. The van der Waals surface area contributed by atoms with Gasteiger partial charge in [-0.3, -0.25) is 4.79 Å². The maximum absolute atomic E-state index is 12.4. The molecule has 110 valence electrons. The summed E-state index contributed by atoms with van der Waals surface area (Å²) < 4.78 is 6.71. The molecule has 1 fully saturated rings. The van der Waals surface area contributed by atoms with Gasteiger partial charge in [-0.2, -0.15) is 0 Å². The van der Waals surface area contributed by atoms with Crippen molar-refractivity contribution >= 4 is 5.91 Å². The molecule has 1 aliphatic rings. The van der Waals surface area contributed by atoms with Gasteiger partial charge in [0.1, 0.15) is 18.6 Å². The Morgan fingerprint density at radius 1 is 1.48 bits per heavy atom. The standard InChI is InChI=1S/C14H17N5O2/c1-21-12-5-2-4-11(8-12)13-6-3-7-19(13)14(20)9-18-10-15-16-17-18/h2,4-5,8,10,13H,3,6-7,9H2,1H3/t13-/m0/s1. The Bertz CT molecular complexity index is 614. The third-order valence-corrected chi connectivity index (χ3v) is 3.74. The van der Waals surface area contributed by atoms with Crippen molar-refractivity contribution in [2.75, 3.05) is 13.7 Å². The fraction of sp³-hybridized carbons (Fsp3) is 0.429. The minimum Gasteiger partial charge on any atom is -0.497 e. The van der Waals surface area contributed by atoms with Crippen molar-refractivity contribution in [1.82, 2.24) is 25.1 Å². The average Bonchev–Trinajstić information content (AvgIpc) is 3.18. The second-order valence-corrected chi connectivity index (χ2v) is 5.03. The van der Waals surface area contributed by atoms with E-state index in [9.17, 15) is 4.79 Å². The predicted molar refractivity (Wildman–Crippen MR) is 74.5 cm³/mol. The summed E-state index contributed by atoms with van der Waals surface area (Å²) >= 11 is 0. The van der Waals surface area contributed by atoms with Crippen LogP contribution in [0.4, 0.5) is 0 Å². The zero-order valence-electron chi connectivity index (χ0n) is 11.8. The molecule has 2 aromatic rings. The lowest BCUT2D eigenvalue weighted by atomic mass is 10.0. The van der Waals surface area contributed by atoms with Crippen molar-refractivity contribution in [1.29, 1.82) is 0 Å². The van der Waals surface area contributed by atoms with Crippen LogP contribution in [0.5, 0.6) is 5.75 Å². The van der Waals surface area contributed by atoms with E-state index in [1.54, 1.807) is 7.11 Å². The number of rotatable bonds is 4. The van der Waals surface area contributed by atoms with Gasteiger partial charge >= 0.3 is 0 Å². The Morgan fingerprint density at radius 3 is 3.14 bits per heavy atom. The monoisotopic (exact) mass is 287 g/mol. The third-order valence-electron chi connectivity index (χ3n) is 3.74. The number of aromatic nitrogens is 4. The molecular formula is C14H17N5O2. The Labute approximate surface area is 122 Å². The molecule has 1 aromatic carbocycles. The number of methoxy groups -OCH3 is 1. The lowest BCUT2D eigenvalue weighted by molar-refractivity contribution is -0.133. The summed E-state index contributed by atoms with van der Waals surface area (Å²) in [6.45, 7) is 0.941. The molecule has 1 amide bonds. The van der Waals surface area contributed by atoms with Gasteiger partial charge in [0.2, 0.25) is 5.91 Å². The van der Waals surface area contributed by atoms with Crippen LogP contribution in [0.25, 0.3) is 0 Å². The largest absolute Gasteiger partial charge is 0.497 e. The van der Waals surface area contributed by atoms with Crippen molar-refractivity contribution in [3.8, 4) is 5.75 Å². The van der Waals surface area contributed by atoms with Gasteiger partial charge in [-0.05, 0) is 41.0 Å². The quantitative estimate of drug-likeness (QED) is 0.840. The van der Waals surface area contributed by atoms with Crippen LogP contribution >= 0.6 is 0 Å². The highest BCUT2D eigenvalue weighted by Gasteiger charge is 2.30. The number of amides is 1. The van der Waals surface area contributed by atoms with Gasteiger partial charge in [0, 0.05) is 6.54 Å². The highest BCUT2D eigenvalue weighted by molar-refractivity contribution is 5.76. The van der Waals surface area contributed by atoms with E-state index in [-0.39, 0.29) is 18.5 Å². The number of hydrogen-bond acceptors (Lipinski definition) is 5. The Morgan fingerprint density at radius 2 is 2.38 bits per heavy atom. The number of nitrogens with zero attached hydrogens (tertiary/aromatic N) is 5. The summed E-state index contributed by atoms with van der Waals surface area (Å²) in [5.41, 5.74) is 1.11. The van der Waals surface area contributed by atoms with Crippen LogP contribution in [-0.2, 0) is 11.3 Å². The topological polar surface area (TPSA) is 73.1 Å². The molecule has 0 N–H and O–H groups in total. The van der Waals surface area contributed by atoms with E-state index in [1.165, 1.54) is 11.0 Å². The van der Waals surface area contributed by atoms with E-state index < -0.39 is 0 Å². The highest BCUT2D eigenvalue weighted by Crippen LogP contribution is 2.33. The molecule has 0 spiro atoms. The SMILES string of the molecule is COc1cccc([C@@H]2CCCN2C(=O)Cn2cnnn2)c1. The van der Waals surface area contributed by atoms with Crippen molar-refractivity contribution in [2.45, 2.75) is 25.4 Å². The molecule has 0 saturated carbocycles. The van der Waals surface area contributed by atoms with E-state index in [2.05, 4.69) is 15.5 Å². The summed E-state index contributed by atoms with van der Waals surface area (Å²) in [5, 5.41) is 10.8. The van der Waals surface area contributed by atoms with Gasteiger partial charge in [-0.25, -0.2) is 4.68 Å². The second-order valence-electron chi connectivity index (χ2n) is 5.03. The summed E-state index contributed by atoms with van der Waals surface area (Å²) in [4.78, 5) is 14.3. The number of benzene rings is 1. The molecule has 0 bridgehead atoms. The average molecular weight is 287 g/mol. The van der Waals surface area contributed by atoms with Crippen LogP contribution in [0.15, 0.2) is 30.6 Å². The van der Waals surface area contributed by atoms with Crippen molar-refractivity contribution < 1.29 is 9.53 Å². The van der Waals surface area contributed by atoms with Gasteiger partial charge in [0.05, 0.1) is 13.2 Å². The first kappa shape index (κ1) is 13.5. The van der Waals surface area contributed by atoms with Crippen molar-refractivity contribution in [2.24, 2.45) is 0 Å². The van der Waals surface area contributed by atoms with Gasteiger partial charge in [-0.1, -0.05) is 12.1 Å². The normalized spacial score (nSPS) is 18.0. The summed E-state index contributed by atoms with van der Waals surface area (Å²) in [7, 11) is 1.65. The van der Waals surface area contributed by atoms with E-state index in [4.69, 9.17) is 4.74 Å². The molecule has 1 aromatic heterocycles. The molecule has 0 unspecified atom stereocenters. The van der Waals surface area contributed by atoms with Crippen molar-refractivity contribution in [3.63, 3.8) is 0 Å². The van der Waals surface area contributed by atoms with E-state index >= 15 is 0 Å². The summed E-state index contributed by atoms with van der Waals surface area (Å²) in [6, 6.07) is 8.00. The fourth-order valence-corrected chi connectivity index (χ4v) is 2.74. The van der Waals surface area contributed by atoms with Gasteiger partial charge in [0.25, 0.3) is 0 Å². The van der Waals surface area contributed by atoms with Crippen LogP contribution in [0.1, 0.15) is 24.4 Å². The van der Waals surface area contributed by atoms with Crippen LogP contribution in [-0.4, -0.2) is 44.7 Å². The molecule has 0 radical (unpaired) electrons. The Hall–Kier alpha value is -2.44. The molecule has 1 atom stereocenters. The maximum atomic E-state index is 12.4. The Kier molecular flexibility index (Phi) is 3.81. The zero-order chi connectivity index (χ0) is 14.7. The van der Waals surface area contributed by atoms with Gasteiger partial charge in [0.15, 0.2) is 0 Å². The fourth-order valence-electron chi connectivity index (χ4n) is 2.74. The number of carbonyl (C=O) groups is 1. The molecule has 1 aliphatic heterocycles. The molecule has 1 saturated heterocycles. The first-order valence-electron chi connectivity index (χ1n) is 6.92. The molecule has 0 aliphatic carbocycles. The van der Waals surface area contributed by atoms with Crippen LogP contribution in [0.3, 0.4) is 0 Å². The minimum absolute atomic E-state index is 0.0348. The molecule has 7 heteroatoms. The molecular weight excluding hydrogens is 270 g/mol. The molecule has 21 heavy (non-hydrogen) atoms. The lowest BCUT2D eigenvalue weighted by Crippen LogP contribution is -2.33. The van der Waals surface area contributed by atoms with E-state index in [0.29, 0.717) is 0 Å². The zero-order valence-corrected chi connectivity index (χ0v) is 11.8. The summed E-state index contributed by atoms with van der Waals surface area (Å²) in [5.74, 6) is 0.847. The number of carbonyl (C=O) groups excluding carboxylic acids is 1. The maximum Gasteiger partial charge on any atom is 0.244 e. The summed E-state index contributed by atoms with van der Waals surface area (Å²) in [6.07, 6.45) is 3.42. The number of likely N-dealkylation sites (tertiary alicyclic amines) is 1. The van der Waals surface area contributed by atoms with E-state index in [1.807, 2.05) is 29.2 Å². The third kappa shape index (κ3) is 2.86. The first-order chi connectivity index (χ1) is 10.3. The number of ether oxygens (including phenoxy) is 1. The smallest absolute Gasteiger partial charge is 0.244 e. The van der Waals surface area contributed by atoms with Gasteiger partial charge < -0.3 is 9.64 Å². The molecule has 7 nitrogen and oxygen atoms in total. The highest BCUT2D eigenvalue weighted by atomic mass is 16.5. The lowest BCUT2D eigenvalue weighted by Gasteiger charge is -2.25. The first-order valence-corrected chi connectivity index (χ1v) is 6.92. The second kappa shape index (κ2) is 5.90. The Balaban J connectivity index is 1.76. The molecule has 3 rings (SSSR count). The van der Waals surface area contributed by atoms with Crippen LogP contribution in [0.2, 0.25) is 0 Å². The van der Waals surface area contributed by atoms with Crippen LogP contribution in [0, 0.1) is 0 Å². The minimum atomic E-state index is 0.0348.